The summed E-state index contributed by atoms with van der Waals surface area (Å²) in [6, 6.07) is 7.13. The Labute approximate surface area is 225 Å². The Bertz CT molecular complexity index is 1510. The Hall–Kier alpha value is -3.55. The number of anilines is 1. The van der Waals surface area contributed by atoms with Gasteiger partial charge in [0.05, 0.1) is 19.9 Å². The summed E-state index contributed by atoms with van der Waals surface area (Å²) in [4.78, 5) is 9.78. The highest BCUT2D eigenvalue weighted by Crippen LogP contribution is 2.38. The smallest absolute Gasteiger partial charge is 0.243 e. The number of benzene rings is 1. The summed E-state index contributed by atoms with van der Waals surface area (Å²) in [7, 11) is 0.449. The number of aromatic nitrogens is 5. The zero-order chi connectivity index (χ0) is 27.6. The van der Waals surface area contributed by atoms with Crippen LogP contribution in [0, 0.1) is 20.8 Å². The maximum absolute atomic E-state index is 13.7. The molecule has 4 aromatic rings. The molecular weight excluding hydrogens is 528 g/mol. The largest absolute Gasteiger partial charge is 0.494 e. The van der Waals surface area contributed by atoms with Gasteiger partial charge >= 0.3 is 0 Å². The molecule has 0 saturated carbocycles. The molecule has 0 amide bonds. The highest BCUT2D eigenvalue weighted by Gasteiger charge is 2.35. The molecule has 0 aliphatic heterocycles. The van der Waals surface area contributed by atoms with E-state index < -0.39 is 21.4 Å². The molecule has 202 valence electrons. The average molecular weight is 559 g/mol. The quantitative estimate of drug-likeness (QED) is 0.304. The van der Waals surface area contributed by atoms with Crippen molar-refractivity contribution in [2.75, 3.05) is 26.1 Å². The molecule has 0 radical (unpaired) electrons. The average Bonchev–Trinajstić information content (AvgIpc) is 3.45. The summed E-state index contributed by atoms with van der Waals surface area (Å²) in [5.41, 5.74) is 2.80. The van der Waals surface area contributed by atoms with Crippen LogP contribution in [-0.4, -0.2) is 59.7 Å². The number of hydrogen-bond acceptors (Lipinski definition) is 10. The molecule has 0 spiro atoms. The highest BCUT2D eigenvalue weighted by atomic mass is 32.2. The number of methoxy groups -OCH3 is 3. The molecule has 3 heterocycles. The van der Waals surface area contributed by atoms with Crippen molar-refractivity contribution in [3.8, 4) is 28.6 Å². The van der Waals surface area contributed by atoms with Gasteiger partial charge in [0.15, 0.2) is 5.82 Å². The Balaban J connectivity index is 1.85. The first kappa shape index (κ1) is 27.5. The molecule has 0 aliphatic rings. The van der Waals surface area contributed by atoms with Gasteiger partial charge in [-0.15, -0.1) is 21.5 Å². The van der Waals surface area contributed by atoms with Crippen LogP contribution in [0.2, 0.25) is 0 Å². The molecule has 1 aromatic carbocycles. The van der Waals surface area contributed by atoms with Crippen LogP contribution >= 0.6 is 11.3 Å². The molecular formula is C25H30N6O5S2. The molecule has 13 heteroatoms. The first-order valence-corrected chi connectivity index (χ1v) is 14.0. The van der Waals surface area contributed by atoms with Crippen LogP contribution in [0.25, 0.3) is 17.1 Å². The number of sulfonamides is 1. The predicted molar refractivity (Wildman–Crippen MR) is 146 cm³/mol. The SMILES string of the molecule is COc1cccc(OC)c1-n1c(NS(=O)(=O)[C@H](C)[C@@H](OC)c2nc(C)c(C)s2)nnc1-c1cncc(C)c1. The second-order valence-corrected chi connectivity index (χ2v) is 11.9. The van der Waals surface area contributed by atoms with E-state index in [4.69, 9.17) is 14.2 Å². The molecule has 11 nitrogen and oxygen atoms in total. The highest BCUT2D eigenvalue weighted by molar-refractivity contribution is 7.93. The Kier molecular flexibility index (Phi) is 7.99. The zero-order valence-electron chi connectivity index (χ0n) is 22.2. The first-order valence-electron chi connectivity index (χ1n) is 11.7. The summed E-state index contributed by atoms with van der Waals surface area (Å²) >= 11 is 1.41. The summed E-state index contributed by atoms with van der Waals surface area (Å²) in [6.45, 7) is 7.28. The van der Waals surface area contributed by atoms with Crippen LogP contribution in [0.5, 0.6) is 11.5 Å². The van der Waals surface area contributed by atoms with Crippen molar-refractivity contribution in [1.29, 1.82) is 0 Å². The van der Waals surface area contributed by atoms with E-state index in [1.165, 1.54) is 32.7 Å². The van der Waals surface area contributed by atoms with E-state index in [1.807, 2.05) is 26.8 Å². The molecule has 4 rings (SSSR count). The van der Waals surface area contributed by atoms with E-state index in [-0.39, 0.29) is 5.95 Å². The van der Waals surface area contributed by atoms with Gasteiger partial charge in [0.25, 0.3) is 0 Å². The van der Waals surface area contributed by atoms with Crippen LogP contribution in [0.3, 0.4) is 0 Å². The van der Waals surface area contributed by atoms with Crippen LogP contribution in [0.1, 0.15) is 34.2 Å². The van der Waals surface area contributed by atoms with Crippen molar-refractivity contribution in [3.05, 3.63) is 57.8 Å². The van der Waals surface area contributed by atoms with E-state index in [0.29, 0.717) is 33.6 Å². The number of nitrogens with one attached hydrogen (secondary N) is 1. The third kappa shape index (κ3) is 5.22. The maximum Gasteiger partial charge on any atom is 0.243 e. The van der Waals surface area contributed by atoms with Gasteiger partial charge in [-0.05, 0) is 51.5 Å². The van der Waals surface area contributed by atoms with Crippen molar-refractivity contribution >= 4 is 27.3 Å². The van der Waals surface area contributed by atoms with Crippen LogP contribution in [0.4, 0.5) is 5.95 Å². The van der Waals surface area contributed by atoms with Gasteiger partial charge in [0.2, 0.25) is 16.0 Å². The standard InChI is InChI=1S/C25H30N6O5S2/c1-14-11-18(13-26-12-14)23-28-29-25(31(23)21-19(34-5)9-8-10-20(21)35-6)30-38(32,33)17(4)22(36-7)24-27-15(2)16(3)37-24/h8-13,17,22H,1-7H3,(H,29,30)/t17-,22-/m1/s1. The summed E-state index contributed by atoms with van der Waals surface area (Å²) in [5.74, 6) is 1.17. The van der Waals surface area contributed by atoms with Crippen molar-refractivity contribution in [2.45, 2.75) is 39.0 Å². The number of rotatable bonds is 10. The van der Waals surface area contributed by atoms with Gasteiger partial charge in [0, 0.05) is 29.9 Å². The Morgan fingerprint density at radius 3 is 2.26 bits per heavy atom. The Morgan fingerprint density at radius 2 is 1.71 bits per heavy atom. The number of ether oxygens (including phenoxy) is 3. The second-order valence-electron chi connectivity index (χ2n) is 8.65. The van der Waals surface area contributed by atoms with E-state index in [1.54, 1.807) is 42.1 Å². The lowest BCUT2D eigenvalue weighted by atomic mass is 10.2. The molecule has 1 N–H and O–H groups in total. The summed E-state index contributed by atoms with van der Waals surface area (Å²) in [5, 5.41) is 8.13. The number of aryl methyl sites for hydroxylation is 3. The molecule has 2 atom stereocenters. The van der Waals surface area contributed by atoms with Crippen molar-refractivity contribution in [3.63, 3.8) is 0 Å². The molecule has 0 saturated heterocycles. The van der Waals surface area contributed by atoms with Crippen LogP contribution in [-0.2, 0) is 14.8 Å². The number of thiazole rings is 1. The fraction of sp³-hybridized carbons (Fsp3) is 0.360. The summed E-state index contributed by atoms with van der Waals surface area (Å²) in [6.07, 6.45) is 2.55. The minimum Gasteiger partial charge on any atom is -0.494 e. The van der Waals surface area contributed by atoms with Crippen molar-refractivity contribution < 1.29 is 22.6 Å². The monoisotopic (exact) mass is 558 g/mol. The fourth-order valence-corrected chi connectivity index (χ4v) is 6.30. The molecule has 0 aliphatic carbocycles. The van der Waals surface area contributed by atoms with Gasteiger partial charge in [0.1, 0.15) is 33.5 Å². The lowest BCUT2D eigenvalue weighted by molar-refractivity contribution is 0.102. The van der Waals surface area contributed by atoms with Gasteiger partial charge in [-0.2, -0.15) is 0 Å². The predicted octanol–water partition coefficient (Wildman–Crippen LogP) is 4.25. The van der Waals surface area contributed by atoms with Gasteiger partial charge in [-0.1, -0.05) is 6.07 Å². The van der Waals surface area contributed by atoms with Gasteiger partial charge < -0.3 is 14.2 Å². The minimum atomic E-state index is -4.05. The number of hydrogen-bond donors (Lipinski definition) is 1. The van der Waals surface area contributed by atoms with Crippen molar-refractivity contribution in [2.24, 2.45) is 0 Å². The molecule has 0 unspecified atom stereocenters. The third-order valence-electron chi connectivity index (χ3n) is 6.11. The molecule has 38 heavy (non-hydrogen) atoms. The van der Waals surface area contributed by atoms with E-state index in [2.05, 4.69) is 24.9 Å². The minimum absolute atomic E-state index is 0.0440. The lowest BCUT2D eigenvalue weighted by Crippen LogP contribution is -2.32. The lowest BCUT2D eigenvalue weighted by Gasteiger charge is -2.22. The zero-order valence-corrected chi connectivity index (χ0v) is 23.8. The first-order chi connectivity index (χ1) is 18.1. The van der Waals surface area contributed by atoms with E-state index >= 15 is 0 Å². The number of pyridine rings is 1. The fourth-order valence-electron chi connectivity index (χ4n) is 3.97. The normalized spacial score (nSPS) is 13.2. The molecule has 3 aromatic heterocycles. The number of para-hydroxylation sites is 1. The Morgan fingerprint density at radius 1 is 1.03 bits per heavy atom. The third-order valence-corrected chi connectivity index (χ3v) is 8.94. The molecule has 0 bridgehead atoms. The molecule has 0 fully saturated rings. The number of nitrogens with zero attached hydrogens (tertiary/aromatic N) is 5. The topological polar surface area (TPSA) is 130 Å². The second kappa shape index (κ2) is 11.1. The maximum atomic E-state index is 13.7. The van der Waals surface area contributed by atoms with E-state index in [0.717, 1.165) is 16.1 Å². The van der Waals surface area contributed by atoms with Crippen LogP contribution < -0.4 is 14.2 Å². The van der Waals surface area contributed by atoms with Crippen LogP contribution in [0.15, 0.2) is 36.7 Å². The van der Waals surface area contributed by atoms with Gasteiger partial charge in [-0.25, -0.2) is 13.4 Å². The summed E-state index contributed by atoms with van der Waals surface area (Å²) < 4.78 is 48.4. The van der Waals surface area contributed by atoms with E-state index in [9.17, 15) is 8.42 Å². The van der Waals surface area contributed by atoms with Gasteiger partial charge in [-0.3, -0.25) is 14.3 Å². The van der Waals surface area contributed by atoms with Crippen molar-refractivity contribution in [1.82, 2.24) is 24.7 Å².